The largest absolute Gasteiger partial charge is 0.271 e. The first-order valence-electron chi connectivity index (χ1n) is 6.43. The molecule has 1 aromatic heterocycles. The maximum Gasteiger partial charge on any atom is 0.0890 e. The molecule has 0 saturated carbocycles. The van der Waals surface area contributed by atoms with Crippen molar-refractivity contribution in [1.29, 1.82) is 0 Å². The summed E-state index contributed by atoms with van der Waals surface area (Å²) in [5.41, 5.74) is 5.92. The third-order valence-corrected chi connectivity index (χ3v) is 3.35. The highest BCUT2D eigenvalue weighted by Crippen LogP contribution is 2.26. The molecule has 1 aromatic carbocycles. The highest BCUT2D eigenvalue weighted by molar-refractivity contribution is 5.74. The minimum atomic E-state index is 0.163. The molecule has 0 fully saturated rings. The van der Waals surface area contributed by atoms with Gasteiger partial charge in [0.1, 0.15) is 0 Å². The summed E-state index contributed by atoms with van der Waals surface area (Å²) in [6.07, 6.45) is 5.73. The van der Waals surface area contributed by atoms with Crippen molar-refractivity contribution in [2.45, 2.75) is 32.7 Å². The fourth-order valence-electron chi connectivity index (χ4n) is 2.38. The first-order valence-corrected chi connectivity index (χ1v) is 6.43. The molecule has 0 aliphatic carbocycles. The van der Waals surface area contributed by atoms with Crippen molar-refractivity contribution in [3.8, 4) is 0 Å². The van der Waals surface area contributed by atoms with E-state index in [1.165, 1.54) is 5.56 Å². The maximum absolute atomic E-state index is 5.69. The SMILES string of the molecule is CCCC(C)C(NN)c1ccc2nccnc2c1. The predicted molar refractivity (Wildman–Crippen MR) is 73.7 cm³/mol. The van der Waals surface area contributed by atoms with Crippen LogP contribution in [0.5, 0.6) is 0 Å². The van der Waals surface area contributed by atoms with E-state index in [0.717, 1.165) is 23.9 Å². The zero-order chi connectivity index (χ0) is 13.0. The van der Waals surface area contributed by atoms with Crippen molar-refractivity contribution in [3.05, 3.63) is 36.2 Å². The number of hydrogen-bond donors (Lipinski definition) is 2. The molecule has 0 spiro atoms. The van der Waals surface area contributed by atoms with Gasteiger partial charge in [0, 0.05) is 18.4 Å². The quantitative estimate of drug-likeness (QED) is 0.626. The van der Waals surface area contributed by atoms with Crippen LogP contribution in [0.4, 0.5) is 0 Å². The van der Waals surface area contributed by atoms with Crippen molar-refractivity contribution in [3.63, 3.8) is 0 Å². The highest BCUT2D eigenvalue weighted by atomic mass is 15.2. The van der Waals surface area contributed by atoms with Crippen LogP contribution in [0.25, 0.3) is 11.0 Å². The topological polar surface area (TPSA) is 63.8 Å². The minimum absolute atomic E-state index is 0.163. The molecule has 2 rings (SSSR count). The Morgan fingerprint density at radius 3 is 2.61 bits per heavy atom. The molecular formula is C14H20N4. The molecule has 2 atom stereocenters. The lowest BCUT2D eigenvalue weighted by atomic mass is 9.91. The van der Waals surface area contributed by atoms with E-state index in [0.29, 0.717) is 5.92 Å². The van der Waals surface area contributed by atoms with Crippen LogP contribution >= 0.6 is 0 Å². The normalized spacial score (nSPS) is 14.6. The summed E-state index contributed by atoms with van der Waals surface area (Å²) >= 11 is 0. The average molecular weight is 244 g/mol. The lowest BCUT2D eigenvalue weighted by Crippen LogP contribution is -2.32. The summed E-state index contributed by atoms with van der Waals surface area (Å²) in [5.74, 6) is 6.19. The second-order valence-corrected chi connectivity index (χ2v) is 4.71. The van der Waals surface area contributed by atoms with Gasteiger partial charge in [0.05, 0.1) is 11.0 Å². The molecule has 3 N–H and O–H groups in total. The van der Waals surface area contributed by atoms with Crippen molar-refractivity contribution >= 4 is 11.0 Å². The van der Waals surface area contributed by atoms with E-state index in [2.05, 4.69) is 41.4 Å². The number of nitrogens with zero attached hydrogens (tertiary/aromatic N) is 2. The van der Waals surface area contributed by atoms with E-state index in [4.69, 9.17) is 5.84 Å². The second-order valence-electron chi connectivity index (χ2n) is 4.71. The van der Waals surface area contributed by atoms with Crippen LogP contribution in [0, 0.1) is 5.92 Å². The number of rotatable bonds is 5. The van der Waals surface area contributed by atoms with E-state index in [1.807, 2.05) is 6.07 Å². The van der Waals surface area contributed by atoms with Crippen LogP contribution in [0.1, 0.15) is 38.3 Å². The number of hydrogen-bond acceptors (Lipinski definition) is 4. The van der Waals surface area contributed by atoms with Gasteiger partial charge in [-0.1, -0.05) is 26.3 Å². The number of nitrogens with two attached hydrogens (primary N) is 1. The summed E-state index contributed by atoms with van der Waals surface area (Å²) in [7, 11) is 0. The number of hydrazine groups is 1. The summed E-state index contributed by atoms with van der Waals surface area (Å²) in [5, 5.41) is 0. The molecule has 2 aromatic rings. The van der Waals surface area contributed by atoms with Crippen LogP contribution in [0.15, 0.2) is 30.6 Å². The minimum Gasteiger partial charge on any atom is -0.271 e. The Kier molecular flexibility index (Phi) is 4.23. The first kappa shape index (κ1) is 12.9. The molecule has 4 heteroatoms. The Morgan fingerprint density at radius 1 is 1.22 bits per heavy atom. The highest BCUT2D eigenvalue weighted by Gasteiger charge is 2.17. The Labute approximate surface area is 108 Å². The van der Waals surface area contributed by atoms with Crippen molar-refractivity contribution in [2.24, 2.45) is 11.8 Å². The molecule has 0 aliphatic rings. The van der Waals surface area contributed by atoms with Crippen LogP contribution in [0.2, 0.25) is 0 Å². The van der Waals surface area contributed by atoms with Gasteiger partial charge in [-0.05, 0) is 30.0 Å². The van der Waals surface area contributed by atoms with Gasteiger partial charge in [0.2, 0.25) is 0 Å². The number of fused-ring (bicyclic) bond motifs is 1. The molecule has 0 bridgehead atoms. The molecule has 0 saturated heterocycles. The van der Waals surface area contributed by atoms with Crippen molar-refractivity contribution < 1.29 is 0 Å². The number of aromatic nitrogens is 2. The predicted octanol–water partition coefficient (Wildman–Crippen LogP) is 2.57. The second kappa shape index (κ2) is 5.89. The molecular weight excluding hydrogens is 224 g/mol. The third kappa shape index (κ3) is 2.66. The average Bonchev–Trinajstić information content (AvgIpc) is 2.40. The van der Waals surface area contributed by atoms with Gasteiger partial charge in [-0.25, -0.2) is 0 Å². The fourth-order valence-corrected chi connectivity index (χ4v) is 2.38. The van der Waals surface area contributed by atoms with Gasteiger partial charge >= 0.3 is 0 Å². The van der Waals surface area contributed by atoms with Crippen LogP contribution in [0.3, 0.4) is 0 Å². The molecule has 18 heavy (non-hydrogen) atoms. The van der Waals surface area contributed by atoms with E-state index in [1.54, 1.807) is 12.4 Å². The van der Waals surface area contributed by atoms with Crippen molar-refractivity contribution in [1.82, 2.24) is 15.4 Å². The Morgan fingerprint density at radius 2 is 1.94 bits per heavy atom. The first-order chi connectivity index (χ1) is 8.76. The van der Waals surface area contributed by atoms with Crippen molar-refractivity contribution in [2.75, 3.05) is 0 Å². The Bertz CT molecular complexity index is 512. The zero-order valence-electron chi connectivity index (χ0n) is 10.9. The van der Waals surface area contributed by atoms with Gasteiger partial charge in [-0.3, -0.25) is 21.2 Å². The third-order valence-electron chi connectivity index (χ3n) is 3.35. The van der Waals surface area contributed by atoms with Gasteiger partial charge in [-0.2, -0.15) is 0 Å². The zero-order valence-corrected chi connectivity index (χ0v) is 10.9. The summed E-state index contributed by atoms with van der Waals surface area (Å²) in [4.78, 5) is 8.61. The maximum atomic E-state index is 5.69. The van der Waals surface area contributed by atoms with E-state index >= 15 is 0 Å². The lowest BCUT2D eigenvalue weighted by Gasteiger charge is -2.23. The molecule has 0 radical (unpaired) electrons. The van der Waals surface area contributed by atoms with E-state index in [-0.39, 0.29) is 6.04 Å². The van der Waals surface area contributed by atoms with Crippen LogP contribution in [-0.4, -0.2) is 9.97 Å². The van der Waals surface area contributed by atoms with E-state index in [9.17, 15) is 0 Å². The summed E-state index contributed by atoms with van der Waals surface area (Å²) < 4.78 is 0. The molecule has 0 aliphatic heterocycles. The van der Waals surface area contributed by atoms with Crippen LogP contribution < -0.4 is 11.3 Å². The molecule has 4 nitrogen and oxygen atoms in total. The van der Waals surface area contributed by atoms with Gasteiger partial charge < -0.3 is 0 Å². The van der Waals surface area contributed by atoms with Gasteiger partial charge in [0.15, 0.2) is 0 Å². The van der Waals surface area contributed by atoms with Gasteiger partial charge in [0.25, 0.3) is 0 Å². The number of nitrogens with one attached hydrogen (secondary N) is 1. The molecule has 2 unspecified atom stereocenters. The smallest absolute Gasteiger partial charge is 0.0890 e. The lowest BCUT2D eigenvalue weighted by molar-refractivity contribution is 0.368. The fraction of sp³-hybridized carbons (Fsp3) is 0.429. The number of benzene rings is 1. The Balaban J connectivity index is 2.33. The van der Waals surface area contributed by atoms with Gasteiger partial charge in [-0.15, -0.1) is 0 Å². The molecule has 0 amide bonds. The molecule has 96 valence electrons. The molecule has 1 heterocycles. The standard InChI is InChI=1S/C14H20N4/c1-3-4-10(2)14(18-15)11-5-6-12-13(9-11)17-8-7-16-12/h5-10,14,18H,3-4,15H2,1-2H3. The van der Waals surface area contributed by atoms with E-state index < -0.39 is 0 Å². The Hall–Kier alpha value is -1.52. The summed E-state index contributed by atoms with van der Waals surface area (Å²) in [6, 6.07) is 6.31. The van der Waals surface area contributed by atoms with Crippen LogP contribution in [-0.2, 0) is 0 Å². The monoisotopic (exact) mass is 244 g/mol. The summed E-state index contributed by atoms with van der Waals surface area (Å²) in [6.45, 7) is 4.41.